The quantitative estimate of drug-likeness (QED) is 0.795. The molecule has 1 N–H and O–H groups in total. The maximum atomic E-state index is 6.13. The second kappa shape index (κ2) is 3.95. The lowest BCUT2D eigenvalue weighted by Gasteiger charge is -2.31. The minimum absolute atomic E-state index is 0.255. The molecular formula is C13H17NO. The Bertz CT molecular complexity index is 321. The zero-order chi connectivity index (χ0) is 10.1. The Morgan fingerprint density at radius 1 is 1.07 bits per heavy atom. The molecule has 15 heavy (non-hydrogen) atoms. The third-order valence-corrected chi connectivity index (χ3v) is 3.33. The normalized spacial score (nSPS) is 31.5. The highest BCUT2D eigenvalue weighted by atomic mass is 16.5. The molecule has 2 fully saturated rings. The smallest absolute Gasteiger partial charge is 0.0953 e. The van der Waals surface area contributed by atoms with Gasteiger partial charge < -0.3 is 10.1 Å². The Morgan fingerprint density at radius 2 is 1.87 bits per heavy atom. The van der Waals surface area contributed by atoms with Crippen molar-refractivity contribution in [2.45, 2.75) is 25.0 Å². The predicted molar refractivity (Wildman–Crippen MR) is 59.6 cm³/mol. The van der Waals surface area contributed by atoms with Gasteiger partial charge in [-0.1, -0.05) is 30.3 Å². The summed E-state index contributed by atoms with van der Waals surface area (Å²) in [6.07, 6.45) is 3.41. The van der Waals surface area contributed by atoms with E-state index in [0.29, 0.717) is 6.10 Å². The Labute approximate surface area is 90.6 Å². The third-order valence-electron chi connectivity index (χ3n) is 3.33. The number of benzene rings is 1. The van der Waals surface area contributed by atoms with Gasteiger partial charge in [0.25, 0.3) is 0 Å². The van der Waals surface area contributed by atoms with Gasteiger partial charge in [-0.15, -0.1) is 0 Å². The van der Waals surface area contributed by atoms with Crippen LogP contribution >= 0.6 is 0 Å². The van der Waals surface area contributed by atoms with Crippen molar-refractivity contribution in [2.75, 3.05) is 13.1 Å². The van der Waals surface area contributed by atoms with Crippen LogP contribution in [0.25, 0.3) is 0 Å². The van der Waals surface area contributed by atoms with Crippen LogP contribution in [0.1, 0.15) is 24.5 Å². The number of morpholine rings is 1. The lowest BCUT2D eigenvalue weighted by atomic mass is 10.1. The van der Waals surface area contributed by atoms with E-state index in [9.17, 15) is 0 Å². The van der Waals surface area contributed by atoms with Gasteiger partial charge in [-0.3, -0.25) is 0 Å². The zero-order valence-electron chi connectivity index (χ0n) is 8.86. The van der Waals surface area contributed by atoms with Crippen molar-refractivity contribution in [3.05, 3.63) is 35.9 Å². The highest BCUT2D eigenvalue weighted by Crippen LogP contribution is 2.37. The van der Waals surface area contributed by atoms with E-state index >= 15 is 0 Å². The summed E-state index contributed by atoms with van der Waals surface area (Å²) >= 11 is 0. The molecule has 2 heteroatoms. The van der Waals surface area contributed by atoms with Crippen LogP contribution in [-0.4, -0.2) is 19.2 Å². The molecule has 0 aromatic heterocycles. The number of ether oxygens (including phenoxy) is 1. The van der Waals surface area contributed by atoms with E-state index < -0.39 is 0 Å². The molecule has 1 aliphatic carbocycles. The first-order chi connectivity index (χ1) is 7.43. The second-order valence-corrected chi connectivity index (χ2v) is 4.57. The topological polar surface area (TPSA) is 21.3 Å². The summed E-state index contributed by atoms with van der Waals surface area (Å²) in [5, 5.41) is 3.48. The van der Waals surface area contributed by atoms with E-state index in [2.05, 4.69) is 35.6 Å². The molecule has 1 saturated carbocycles. The van der Waals surface area contributed by atoms with Gasteiger partial charge >= 0.3 is 0 Å². The van der Waals surface area contributed by atoms with Crippen molar-refractivity contribution < 1.29 is 4.74 Å². The van der Waals surface area contributed by atoms with Gasteiger partial charge in [-0.05, 0) is 24.3 Å². The molecule has 2 nitrogen and oxygen atoms in total. The summed E-state index contributed by atoms with van der Waals surface area (Å²) < 4.78 is 6.13. The Balaban J connectivity index is 1.70. The molecule has 2 atom stereocenters. The van der Waals surface area contributed by atoms with E-state index in [-0.39, 0.29) is 6.10 Å². The van der Waals surface area contributed by atoms with Gasteiger partial charge in [-0.2, -0.15) is 0 Å². The average Bonchev–Trinajstić information content (AvgIpc) is 3.14. The predicted octanol–water partition coefficient (Wildman–Crippen LogP) is 2.13. The number of hydrogen-bond acceptors (Lipinski definition) is 2. The fourth-order valence-electron chi connectivity index (χ4n) is 2.27. The molecule has 0 bridgehead atoms. The molecule has 1 aliphatic heterocycles. The fourth-order valence-corrected chi connectivity index (χ4v) is 2.27. The van der Waals surface area contributed by atoms with Gasteiger partial charge in [0.05, 0.1) is 12.2 Å². The molecule has 0 unspecified atom stereocenters. The van der Waals surface area contributed by atoms with Crippen molar-refractivity contribution >= 4 is 0 Å². The summed E-state index contributed by atoms with van der Waals surface area (Å²) in [6, 6.07) is 10.5. The Kier molecular flexibility index (Phi) is 2.47. The minimum atomic E-state index is 0.255. The molecule has 0 spiro atoms. The third kappa shape index (κ3) is 2.06. The van der Waals surface area contributed by atoms with Gasteiger partial charge in [0.2, 0.25) is 0 Å². The molecule has 0 amide bonds. The van der Waals surface area contributed by atoms with Crippen LogP contribution in [0.15, 0.2) is 30.3 Å². The van der Waals surface area contributed by atoms with E-state index in [1.165, 1.54) is 18.4 Å². The maximum absolute atomic E-state index is 6.13. The number of nitrogens with one attached hydrogen (secondary N) is 1. The minimum Gasteiger partial charge on any atom is -0.367 e. The molecule has 1 heterocycles. The van der Waals surface area contributed by atoms with Crippen LogP contribution < -0.4 is 5.32 Å². The standard InChI is InChI=1S/C13H17NO/c1-2-4-10(5-3-1)12-8-14-9-13(15-12)11-6-7-11/h1-5,11-14H,6-9H2/t12-,13+/m0/s1. The molecule has 1 aromatic carbocycles. The lowest BCUT2D eigenvalue weighted by Crippen LogP contribution is -2.41. The second-order valence-electron chi connectivity index (χ2n) is 4.57. The van der Waals surface area contributed by atoms with Crippen molar-refractivity contribution in [2.24, 2.45) is 5.92 Å². The van der Waals surface area contributed by atoms with Gasteiger partial charge in [0.15, 0.2) is 0 Å². The van der Waals surface area contributed by atoms with Crippen LogP contribution in [0.5, 0.6) is 0 Å². The van der Waals surface area contributed by atoms with Gasteiger partial charge in [-0.25, -0.2) is 0 Å². The van der Waals surface area contributed by atoms with Crippen LogP contribution in [0.4, 0.5) is 0 Å². The number of rotatable bonds is 2. The highest BCUT2D eigenvalue weighted by Gasteiger charge is 2.35. The van der Waals surface area contributed by atoms with Gasteiger partial charge in [0.1, 0.15) is 0 Å². The monoisotopic (exact) mass is 203 g/mol. The van der Waals surface area contributed by atoms with Crippen molar-refractivity contribution in [1.82, 2.24) is 5.32 Å². The largest absolute Gasteiger partial charge is 0.367 e. The summed E-state index contributed by atoms with van der Waals surface area (Å²) in [5.74, 6) is 0.823. The highest BCUT2D eigenvalue weighted by molar-refractivity contribution is 5.18. The van der Waals surface area contributed by atoms with E-state index in [4.69, 9.17) is 4.74 Å². The molecule has 0 radical (unpaired) electrons. The summed E-state index contributed by atoms with van der Waals surface area (Å²) in [4.78, 5) is 0. The molecular weight excluding hydrogens is 186 g/mol. The first kappa shape index (κ1) is 9.37. The zero-order valence-corrected chi connectivity index (χ0v) is 8.86. The van der Waals surface area contributed by atoms with Crippen molar-refractivity contribution in [3.8, 4) is 0 Å². The first-order valence-electron chi connectivity index (χ1n) is 5.84. The van der Waals surface area contributed by atoms with Crippen molar-refractivity contribution in [3.63, 3.8) is 0 Å². The van der Waals surface area contributed by atoms with Crippen LogP contribution in [0.2, 0.25) is 0 Å². The summed E-state index contributed by atoms with van der Waals surface area (Å²) in [7, 11) is 0. The Morgan fingerprint density at radius 3 is 2.60 bits per heavy atom. The van der Waals surface area contributed by atoms with Gasteiger partial charge in [0, 0.05) is 13.1 Å². The average molecular weight is 203 g/mol. The van der Waals surface area contributed by atoms with E-state index in [1.54, 1.807) is 0 Å². The molecule has 80 valence electrons. The van der Waals surface area contributed by atoms with Crippen LogP contribution in [0, 0.1) is 5.92 Å². The van der Waals surface area contributed by atoms with E-state index in [0.717, 1.165) is 19.0 Å². The summed E-state index contributed by atoms with van der Waals surface area (Å²) in [6.45, 7) is 1.99. The molecule has 3 rings (SSSR count). The molecule has 1 aromatic rings. The fraction of sp³-hybridized carbons (Fsp3) is 0.538. The molecule has 1 saturated heterocycles. The maximum Gasteiger partial charge on any atom is 0.0953 e. The SMILES string of the molecule is c1ccc([C@@H]2CNC[C@H](C3CC3)O2)cc1. The lowest BCUT2D eigenvalue weighted by molar-refractivity contribution is -0.0493. The van der Waals surface area contributed by atoms with E-state index in [1.807, 2.05) is 0 Å². The van der Waals surface area contributed by atoms with Crippen molar-refractivity contribution in [1.29, 1.82) is 0 Å². The number of hydrogen-bond donors (Lipinski definition) is 1. The molecule has 2 aliphatic rings. The first-order valence-corrected chi connectivity index (χ1v) is 5.84. The summed E-state index contributed by atoms with van der Waals surface area (Å²) in [5.41, 5.74) is 1.30. The van der Waals surface area contributed by atoms with Crippen LogP contribution in [0.3, 0.4) is 0 Å². The van der Waals surface area contributed by atoms with Crippen LogP contribution in [-0.2, 0) is 4.74 Å². The Hall–Kier alpha value is -0.860.